The maximum absolute atomic E-state index is 12.2. The molecular weight excluding hydrogens is 348 g/mol. The normalized spacial score (nSPS) is 10.8. The maximum Gasteiger partial charge on any atom is 0.288 e. The number of alkyl halides is 2. The van der Waals surface area contributed by atoms with E-state index in [9.17, 15) is 13.6 Å². The fourth-order valence-corrected chi connectivity index (χ4v) is 2.87. The topological polar surface area (TPSA) is 29.1 Å². The summed E-state index contributed by atoms with van der Waals surface area (Å²) < 4.78 is 24.5. The van der Waals surface area contributed by atoms with Gasteiger partial charge in [0.15, 0.2) is 0 Å². The van der Waals surface area contributed by atoms with E-state index in [1.807, 2.05) is 12.3 Å². The number of amides is 1. The van der Waals surface area contributed by atoms with Crippen LogP contribution in [0.15, 0.2) is 52.3 Å². The van der Waals surface area contributed by atoms with Gasteiger partial charge >= 0.3 is 0 Å². The summed E-state index contributed by atoms with van der Waals surface area (Å²) in [6.45, 7) is 0. The van der Waals surface area contributed by atoms with Crippen molar-refractivity contribution >= 4 is 46.7 Å². The number of thioether (sulfide) groups is 2. The van der Waals surface area contributed by atoms with Gasteiger partial charge in [0.1, 0.15) is 0 Å². The van der Waals surface area contributed by atoms with E-state index in [-0.39, 0.29) is 5.91 Å². The molecule has 0 aliphatic heterocycles. The predicted molar refractivity (Wildman–Crippen MR) is 89.5 cm³/mol. The Morgan fingerprint density at radius 3 is 2.36 bits per heavy atom. The van der Waals surface area contributed by atoms with Gasteiger partial charge in [-0.1, -0.05) is 23.4 Å². The summed E-state index contributed by atoms with van der Waals surface area (Å²) in [6.07, 6.45) is 1.91. The van der Waals surface area contributed by atoms with Gasteiger partial charge in [-0.25, -0.2) is 0 Å². The molecule has 0 unspecified atom stereocenters. The van der Waals surface area contributed by atoms with Gasteiger partial charge in [-0.05, 0) is 48.7 Å². The number of benzene rings is 2. The zero-order valence-electron chi connectivity index (χ0n) is 11.5. The van der Waals surface area contributed by atoms with Crippen molar-refractivity contribution < 1.29 is 13.6 Å². The number of carbonyl (C=O) groups is 1. The standard InChI is InChI=1S/C15H12ClF2NOS2/c1-21-11-6-7-13(16)12(8-11)14(20)19-9-2-4-10(5-3-9)22-15(17)18/h2-8,15H,1H3,(H,19,20). The summed E-state index contributed by atoms with van der Waals surface area (Å²) in [5.74, 6) is -2.80. The maximum atomic E-state index is 12.2. The third kappa shape index (κ3) is 4.63. The first-order valence-electron chi connectivity index (χ1n) is 6.19. The molecule has 0 saturated heterocycles. The first-order valence-corrected chi connectivity index (χ1v) is 8.67. The minimum absolute atomic E-state index is 0.338. The molecule has 0 saturated carbocycles. The highest BCUT2D eigenvalue weighted by Gasteiger charge is 2.12. The zero-order chi connectivity index (χ0) is 16.1. The molecule has 2 aromatic carbocycles. The lowest BCUT2D eigenvalue weighted by atomic mass is 10.2. The van der Waals surface area contributed by atoms with E-state index < -0.39 is 5.76 Å². The minimum atomic E-state index is -2.46. The zero-order valence-corrected chi connectivity index (χ0v) is 13.9. The van der Waals surface area contributed by atoms with Crippen molar-refractivity contribution in [3.8, 4) is 0 Å². The summed E-state index contributed by atoms with van der Waals surface area (Å²) in [6, 6.07) is 11.4. The Morgan fingerprint density at radius 1 is 1.14 bits per heavy atom. The summed E-state index contributed by atoms with van der Waals surface area (Å²) >= 11 is 8.01. The Bertz CT molecular complexity index is 665. The van der Waals surface area contributed by atoms with E-state index in [1.165, 1.54) is 23.9 Å². The molecule has 2 rings (SSSR count). The Balaban J connectivity index is 2.11. The van der Waals surface area contributed by atoms with Crippen LogP contribution in [0.5, 0.6) is 0 Å². The number of anilines is 1. The molecule has 2 nitrogen and oxygen atoms in total. The fourth-order valence-electron chi connectivity index (χ4n) is 1.72. The average Bonchev–Trinajstić information content (AvgIpc) is 2.49. The van der Waals surface area contributed by atoms with Crippen molar-refractivity contribution in [3.05, 3.63) is 53.1 Å². The number of hydrogen-bond acceptors (Lipinski definition) is 3. The van der Waals surface area contributed by atoms with Crippen molar-refractivity contribution in [1.29, 1.82) is 0 Å². The average molecular weight is 360 g/mol. The second-order valence-electron chi connectivity index (χ2n) is 4.20. The fraction of sp³-hybridized carbons (Fsp3) is 0.133. The largest absolute Gasteiger partial charge is 0.322 e. The molecule has 0 heterocycles. The van der Waals surface area contributed by atoms with E-state index in [2.05, 4.69) is 5.32 Å². The smallest absolute Gasteiger partial charge is 0.288 e. The Labute approximate surface area is 140 Å². The van der Waals surface area contributed by atoms with Gasteiger partial charge in [-0.2, -0.15) is 8.78 Å². The van der Waals surface area contributed by atoms with Gasteiger partial charge in [-0.3, -0.25) is 4.79 Å². The van der Waals surface area contributed by atoms with Crippen LogP contribution in [0, 0.1) is 0 Å². The highest BCUT2D eigenvalue weighted by atomic mass is 35.5. The van der Waals surface area contributed by atoms with Crippen LogP contribution in [-0.4, -0.2) is 17.9 Å². The Morgan fingerprint density at radius 2 is 1.77 bits per heavy atom. The van der Waals surface area contributed by atoms with Crippen LogP contribution in [0.25, 0.3) is 0 Å². The molecule has 0 aliphatic rings. The number of rotatable bonds is 5. The molecule has 2 aromatic rings. The molecule has 0 radical (unpaired) electrons. The van der Waals surface area contributed by atoms with Gasteiger partial charge in [0.25, 0.3) is 11.7 Å². The van der Waals surface area contributed by atoms with E-state index in [0.29, 0.717) is 32.9 Å². The number of halogens is 3. The summed E-state index contributed by atoms with van der Waals surface area (Å²) in [5.41, 5.74) is 0.897. The molecule has 0 aliphatic carbocycles. The van der Waals surface area contributed by atoms with Crippen molar-refractivity contribution in [1.82, 2.24) is 0 Å². The van der Waals surface area contributed by atoms with Gasteiger partial charge in [0.2, 0.25) is 0 Å². The van der Waals surface area contributed by atoms with Crippen molar-refractivity contribution in [2.24, 2.45) is 0 Å². The molecule has 1 N–H and O–H groups in total. The van der Waals surface area contributed by atoms with Crippen LogP contribution in [0.3, 0.4) is 0 Å². The highest BCUT2D eigenvalue weighted by molar-refractivity contribution is 7.99. The molecule has 0 atom stereocenters. The predicted octanol–water partition coefficient (Wildman–Crippen LogP) is 5.63. The van der Waals surface area contributed by atoms with Gasteiger partial charge in [0.05, 0.1) is 10.6 Å². The molecular formula is C15H12ClF2NOS2. The minimum Gasteiger partial charge on any atom is -0.322 e. The lowest BCUT2D eigenvalue weighted by molar-refractivity contribution is 0.102. The SMILES string of the molecule is CSc1ccc(Cl)c(C(=O)Nc2ccc(SC(F)F)cc2)c1. The summed E-state index contributed by atoms with van der Waals surface area (Å²) in [4.78, 5) is 13.6. The Hall–Kier alpha value is -1.24. The van der Waals surface area contributed by atoms with Crippen molar-refractivity contribution in [2.75, 3.05) is 11.6 Å². The van der Waals surface area contributed by atoms with Crippen LogP contribution in [-0.2, 0) is 0 Å². The van der Waals surface area contributed by atoms with Gasteiger partial charge in [-0.15, -0.1) is 11.8 Å². The van der Waals surface area contributed by atoms with Crippen molar-refractivity contribution in [2.45, 2.75) is 15.5 Å². The lowest BCUT2D eigenvalue weighted by Gasteiger charge is -2.09. The lowest BCUT2D eigenvalue weighted by Crippen LogP contribution is -2.12. The molecule has 0 spiro atoms. The van der Waals surface area contributed by atoms with Crippen LogP contribution in [0.2, 0.25) is 5.02 Å². The monoisotopic (exact) mass is 359 g/mol. The second kappa shape index (κ2) is 7.85. The van der Waals surface area contributed by atoms with E-state index in [4.69, 9.17) is 11.6 Å². The third-order valence-electron chi connectivity index (χ3n) is 2.76. The second-order valence-corrected chi connectivity index (χ2v) is 6.55. The molecule has 7 heteroatoms. The first-order chi connectivity index (χ1) is 10.5. The van der Waals surface area contributed by atoms with Crippen LogP contribution in [0.1, 0.15) is 10.4 Å². The molecule has 0 fully saturated rings. The number of nitrogens with one attached hydrogen (secondary N) is 1. The van der Waals surface area contributed by atoms with Gasteiger partial charge < -0.3 is 5.32 Å². The number of carbonyl (C=O) groups excluding carboxylic acids is 1. The quantitative estimate of drug-likeness (QED) is 0.701. The molecule has 22 heavy (non-hydrogen) atoms. The molecule has 0 bridgehead atoms. The number of hydrogen-bond donors (Lipinski definition) is 1. The molecule has 0 aromatic heterocycles. The van der Waals surface area contributed by atoms with E-state index >= 15 is 0 Å². The Kier molecular flexibility index (Phi) is 6.11. The first kappa shape index (κ1) is 17.1. The summed E-state index contributed by atoms with van der Waals surface area (Å²) in [5, 5.41) is 3.06. The van der Waals surface area contributed by atoms with E-state index in [1.54, 1.807) is 24.3 Å². The van der Waals surface area contributed by atoms with E-state index in [0.717, 1.165) is 4.90 Å². The van der Waals surface area contributed by atoms with Crippen LogP contribution in [0.4, 0.5) is 14.5 Å². The highest BCUT2D eigenvalue weighted by Crippen LogP contribution is 2.27. The van der Waals surface area contributed by atoms with Crippen LogP contribution >= 0.6 is 35.1 Å². The summed E-state index contributed by atoms with van der Waals surface area (Å²) in [7, 11) is 0. The third-order valence-corrected chi connectivity index (χ3v) is 4.53. The van der Waals surface area contributed by atoms with Gasteiger partial charge in [0, 0.05) is 15.5 Å². The van der Waals surface area contributed by atoms with Crippen LogP contribution < -0.4 is 5.32 Å². The molecule has 1 amide bonds. The van der Waals surface area contributed by atoms with Crippen molar-refractivity contribution in [3.63, 3.8) is 0 Å². The molecule has 116 valence electrons.